The third-order valence-corrected chi connectivity index (χ3v) is 2.39. The van der Waals surface area contributed by atoms with E-state index in [0.717, 1.165) is 0 Å². The van der Waals surface area contributed by atoms with Crippen molar-refractivity contribution in [3.63, 3.8) is 0 Å². The Morgan fingerprint density at radius 2 is 1.85 bits per heavy atom. The highest BCUT2D eigenvalue weighted by Crippen LogP contribution is 2.38. The van der Waals surface area contributed by atoms with E-state index in [4.69, 9.17) is 4.74 Å². The third-order valence-electron chi connectivity index (χ3n) is 2.39. The van der Waals surface area contributed by atoms with E-state index in [2.05, 4.69) is 0 Å². The molecule has 0 aromatic carbocycles. The SMILES string of the molecule is CC(C)(C)C1=CC(=O)C2OC2C1=O. The molecular formula is C10H12O3. The van der Waals surface area contributed by atoms with Crippen LogP contribution in [0.2, 0.25) is 0 Å². The first-order chi connectivity index (χ1) is 5.91. The van der Waals surface area contributed by atoms with Gasteiger partial charge in [-0.2, -0.15) is 0 Å². The second-order valence-corrected chi connectivity index (χ2v) is 4.55. The summed E-state index contributed by atoms with van der Waals surface area (Å²) in [6.07, 6.45) is 0.515. The molecule has 13 heavy (non-hydrogen) atoms. The zero-order chi connectivity index (χ0) is 9.80. The summed E-state index contributed by atoms with van der Waals surface area (Å²) in [6.45, 7) is 5.77. The molecule has 2 rings (SSSR count). The molecule has 1 saturated heterocycles. The van der Waals surface area contributed by atoms with Crippen molar-refractivity contribution in [2.24, 2.45) is 5.41 Å². The van der Waals surface area contributed by atoms with Crippen LogP contribution >= 0.6 is 0 Å². The summed E-state index contributed by atoms with van der Waals surface area (Å²) in [6, 6.07) is 0. The molecule has 3 nitrogen and oxygen atoms in total. The Labute approximate surface area is 76.8 Å². The number of rotatable bonds is 0. The smallest absolute Gasteiger partial charge is 0.191 e. The van der Waals surface area contributed by atoms with Crippen LogP contribution in [0.4, 0.5) is 0 Å². The molecule has 1 fully saturated rings. The monoisotopic (exact) mass is 180 g/mol. The van der Waals surface area contributed by atoms with Crippen molar-refractivity contribution >= 4 is 11.6 Å². The van der Waals surface area contributed by atoms with Crippen molar-refractivity contribution in [3.8, 4) is 0 Å². The van der Waals surface area contributed by atoms with Crippen LogP contribution in [-0.4, -0.2) is 23.8 Å². The first kappa shape index (κ1) is 8.63. The summed E-state index contributed by atoms with van der Waals surface area (Å²) in [7, 11) is 0. The lowest BCUT2D eigenvalue weighted by Crippen LogP contribution is -2.29. The average molecular weight is 180 g/mol. The van der Waals surface area contributed by atoms with Crippen LogP contribution in [0.25, 0.3) is 0 Å². The predicted octanol–water partition coefficient (Wildman–Crippen LogP) is 0.878. The Morgan fingerprint density at radius 3 is 2.38 bits per heavy atom. The molecule has 0 N–H and O–H groups in total. The Balaban J connectivity index is 2.38. The summed E-state index contributed by atoms with van der Waals surface area (Å²) >= 11 is 0. The van der Waals surface area contributed by atoms with Gasteiger partial charge >= 0.3 is 0 Å². The molecule has 0 radical (unpaired) electrons. The number of carbonyl (C=O) groups is 2. The minimum Gasteiger partial charge on any atom is -0.352 e. The highest BCUT2D eigenvalue weighted by Gasteiger charge is 2.54. The van der Waals surface area contributed by atoms with Crippen molar-refractivity contribution in [2.45, 2.75) is 33.0 Å². The normalized spacial score (nSPS) is 32.7. The number of ketones is 2. The van der Waals surface area contributed by atoms with E-state index in [1.165, 1.54) is 6.08 Å². The molecule has 1 aliphatic heterocycles. The van der Waals surface area contributed by atoms with Gasteiger partial charge in [0, 0.05) is 5.57 Å². The Morgan fingerprint density at radius 1 is 1.23 bits per heavy atom. The summed E-state index contributed by atoms with van der Waals surface area (Å²) in [4.78, 5) is 22.9. The number of epoxide rings is 1. The standard InChI is InChI=1S/C10H12O3/c1-10(2,3)5-4-6(11)8-9(13-8)7(5)12/h4,8-9H,1-3H3. The molecule has 2 aliphatic rings. The lowest BCUT2D eigenvalue weighted by atomic mass is 9.79. The van der Waals surface area contributed by atoms with E-state index in [1.807, 2.05) is 20.8 Å². The van der Waals surface area contributed by atoms with Crippen LogP contribution in [0.1, 0.15) is 20.8 Å². The van der Waals surface area contributed by atoms with Gasteiger partial charge in [-0.25, -0.2) is 0 Å². The number of Topliss-reactive ketones (excluding diaryl/α,β-unsaturated/α-hetero) is 1. The summed E-state index contributed by atoms with van der Waals surface area (Å²) in [5, 5.41) is 0. The molecule has 1 aliphatic carbocycles. The second-order valence-electron chi connectivity index (χ2n) is 4.55. The van der Waals surface area contributed by atoms with Crippen molar-refractivity contribution in [1.82, 2.24) is 0 Å². The number of hydrogen-bond acceptors (Lipinski definition) is 3. The summed E-state index contributed by atoms with van der Waals surface area (Å²) in [5.74, 6) is -0.0772. The van der Waals surface area contributed by atoms with Crippen LogP contribution in [0.5, 0.6) is 0 Å². The fourth-order valence-corrected chi connectivity index (χ4v) is 1.56. The van der Waals surface area contributed by atoms with E-state index >= 15 is 0 Å². The van der Waals surface area contributed by atoms with Gasteiger partial charge in [-0.15, -0.1) is 0 Å². The van der Waals surface area contributed by atoms with Gasteiger partial charge in [-0.05, 0) is 11.5 Å². The molecule has 0 spiro atoms. The van der Waals surface area contributed by atoms with Crippen molar-refractivity contribution in [1.29, 1.82) is 0 Å². The lowest BCUT2D eigenvalue weighted by molar-refractivity contribution is -0.120. The van der Waals surface area contributed by atoms with E-state index in [9.17, 15) is 9.59 Å². The Kier molecular flexibility index (Phi) is 1.52. The minimum atomic E-state index is -0.466. The minimum absolute atomic E-state index is 0.0166. The maximum atomic E-state index is 11.6. The van der Waals surface area contributed by atoms with Crippen LogP contribution in [0.3, 0.4) is 0 Å². The van der Waals surface area contributed by atoms with Crippen LogP contribution in [0, 0.1) is 5.41 Å². The van der Waals surface area contributed by atoms with Gasteiger partial charge in [-0.3, -0.25) is 9.59 Å². The Hall–Kier alpha value is -0.960. The van der Waals surface area contributed by atoms with Gasteiger partial charge in [0.2, 0.25) is 0 Å². The molecule has 0 amide bonds. The van der Waals surface area contributed by atoms with Gasteiger partial charge in [0.25, 0.3) is 0 Å². The highest BCUT2D eigenvalue weighted by atomic mass is 16.6. The van der Waals surface area contributed by atoms with E-state index < -0.39 is 12.2 Å². The van der Waals surface area contributed by atoms with E-state index in [1.54, 1.807) is 0 Å². The largest absolute Gasteiger partial charge is 0.352 e. The topological polar surface area (TPSA) is 46.7 Å². The fourth-order valence-electron chi connectivity index (χ4n) is 1.56. The molecule has 0 aromatic rings. The molecule has 0 saturated carbocycles. The fraction of sp³-hybridized carbons (Fsp3) is 0.600. The first-order valence-corrected chi connectivity index (χ1v) is 4.37. The molecule has 3 heteroatoms. The summed E-state index contributed by atoms with van der Waals surface area (Å²) in [5.41, 5.74) is 0.333. The number of hydrogen-bond donors (Lipinski definition) is 0. The molecular weight excluding hydrogens is 168 g/mol. The van der Waals surface area contributed by atoms with Crippen molar-refractivity contribution < 1.29 is 14.3 Å². The molecule has 1 heterocycles. The van der Waals surface area contributed by atoms with Crippen molar-refractivity contribution in [3.05, 3.63) is 11.6 Å². The molecule has 0 aromatic heterocycles. The highest BCUT2D eigenvalue weighted by molar-refractivity contribution is 6.16. The number of fused-ring (bicyclic) bond motifs is 1. The second kappa shape index (κ2) is 2.29. The molecule has 70 valence electrons. The third kappa shape index (κ3) is 1.23. The Bertz CT molecular complexity index is 320. The number of carbonyl (C=O) groups excluding carboxylic acids is 2. The van der Waals surface area contributed by atoms with Gasteiger partial charge in [-0.1, -0.05) is 20.8 Å². The zero-order valence-electron chi connectivity index (χ0n) is 7.96. The maximum absolute atomic E-state index is 11.6. The van der Waals surface area contributed by atoms with E-state index in [-0.39, 0.29) is 17.0 Å². The quantitative estimate of drug-likeness (QED) is 0.520. The molecule has 2 unspecified atom stereocenters. The van der Waals surface area contributed by atoms with Crippen LogP contribution < -0.4 is 0 Å². The van der Waals surface area contributed by atoms with Gasteiger partial charge in [0.15, 0.2) is 23.8 Å². The van der Waals surface area contributed by atoms with Crippen LogP contribution in [-0.2, 0) is 14.3 Å². The molecule has 2 atom stereocenters. The van der Waals surface area contributed by atoms with Crippen molar-refractivity contribution in [2.75, 3.05) is 0 Å². The lowest BCUT2D eigenvalue weighted by Gasteiger charge is -2.22. The summed E-state index contributed by atoms with van der Waals surface area (Å²) < 4.78 is 4.98. The average Bonchev–Trinajstić information content (AvgIpc) is 2.73. The predicted molar refractivity (Wildman–Crippen MR) is 46.2 cm³/mol. The maximum Gasteiger partial charge on any atom is 0.191 e. The van der Waals surface area contributed by atoms with Gasteiger partial charge in [0.05, 0.1) is 0 Å². The first-order valence-electron chi connectivity index (χ1n) is 4.37. The van der Waals surface area contributed by atoms with E-state index in [0.29, 0.717) is 5.57 Å². The van der Waals surface area contributed by atoms with Gasteiger partial charge in [0.1, 0.15) is 0 Å². The number of ether oxygens (including phenoxy) is 1. The van der Waals surface area contributed by atoms with Crippen LogP contribution in [0.15, 0.2) is 11.6 Å². The molecule has 0 bridgehead atoms. The van der Waals surface area contributed by atoms with Gasteiger partial charge < -0.3 is 4.74 Å². The zero-order valence-corrected chi connectivity index (χ0v) is 7.96.